The number of halogens is 2. The molecule has 0 aliphatic carbocycles. The van der Waals surface area contributed by atoms with E-state index in [4.69, 9.17) is 4.74 Å². The van der Waals surface area contributed by atoms with Crippen LogP contribution in [0.5, 0.6) is 0 Å². The van der Waals surface area contributed by atoms with Crippen molar-refractivity contribution >= 4 is 17.7 Å². The van der Waals surface area contributed by atoms with Gasteiger partial charge in [0.25, 0.3) is 0 Å². The van der Waals surface area contributed by atoms with E-state index in [2.05, 4.69) is 10.6 Å². The van der Waals surface area contributed by atoms with Gasteiger partial charge in [0.1, 0.15) is 11.6 Å². The summed E-state index contributed by atoms with van der Waals surface area (Å²) in [5.74, 6) is -1.70. The Morgan fingerprint density at radius 3 is 2.64 bits per heavy atom. The molecule has 1 aromatic rings. The molecular formula is C17H23F2N3O3. The van der Waals surface area contributed by atoms with E-state index in [1.807, 2.05) is 4.90 Å². The number of carbonyl (C=O) groups excluding carboxylic acids is 2. The molecule has 0 spiro atoms. The fraction of sp³-hybridized carbons (Fsp3) is 0.529. The highest BCUT2D eigenvalue weighted by Crippen LogP contribution is 2.18. The number of rotatable bonds is 5. The van der Waals surface area contributed by atoms with Gasteiger partial charge < -0.3 is 15.4 Å². The number of amides is 2. The van der Waals surface area contributed by atoms with Crippen LogP contribution in [0, 0.1) is 11.6 Å². The Hall–Kier alpha value is -2.22. The number of hydrogen-bond acceptors (Lipinski definition) is 4. The molecule has 1 unspecified atom stereocenters. The first-order valence-corrected chi connectivity index (χ1v) is 8.34. The lowest BCUT2D eigenvalue weighted by Gasteiger charge is -2.35. The van der Waals surface area contributed by atoms with Crippen molar-refractivity contribution in [3.8, 4) is 0 Å². The molecule has 1 fully saturated rings. The molecule has 2 amide bonds. The first-order valence-electron chi connectivity index (χ1n) is 8.34. The number of hydrogen-bond donors (Lipinski definition) is 2. The van der Waals surface area contributed by atoms with Crippen LogP contribution >= 0.6 is 0 Å². The molecule has 8 heteroatoms. The van der Waals surface area contributed by atoms with Crippen LogP contribution < -0.4 is 10.6 Å². The number of ether oxygens (including phenoxy) is 1. The Morgan fingerprint density at radius 1 is 1.32 bits per heavy atom. The summed E-state index contributed by atoms with van der Waals surface area (Å²) in [6.07, 6.45) is 0.934. The third kappa shape index (κ3) is 5.38. The van der Waals surface area contributed by atoms with Crippen molar-refractivity contribution in [2.24, 2.45) is 0 Å². The van der Waals surface area contributed by atoms with Crippen LogP contribution in [0.4, 0.5) is 19.3 Å². The van der Waals surface area contributed by atoms with Crippen LogP contribution in [0.3, 0.4) is 0 Å². The summed E-state index contributed by atoms with van der Waals surface area (Å²) in [5.41, 5.74) is -0.171. The highest BCUT2D eigenvalue weighted by atomic mass is 19.1. The van der Waals surface area contributed by atoms with Crippen molar-refractivity contribution in [2.45, 2.75) is 38.8 Å². The van der Waals surface area contributed by atoms with Gasteiger partial charge >= 0.3 is 6.09 Å². The maximum atomic E-state index is 13.6. The average Bonchev–Trinajstić information content (AvgIpc) is 2.58. The number of carbonyl (C=O) groups is 2. The second kappa shape index (κ2) is 8.75. The Bertz CT molecular complexity index is 619. The molecule has 1 aromatic carbocycles. The van der Waals surface area contributed by atoms with E-state index >= 15 is 0 Å². The van der Waals surface area contributed by atoms with Crippen LogP contribution in [0.15, 0.2) is 18.2 Å². The lowest BCUT2D eigenvalue weighted by molar-refractivity contribution is -0.121. The lowest BCUT2D eigenvalue weighted by Crippen LogP contribution is -2.50. The Balaban J connectivity index is 1.85. The minimum Gasteiger partial charge on any atom is -0.450 e. The largest absolute Gasteiger partial charge is 0.450 e. The lowest BCUT2D eigenvalue weighted by atomic mass is 10.0. The van der Waals surface area contributed by atoms with Gasteiger partial charge in [-0.15, -0.1) is 0 Å². The highest BCUT2D eigenvalue weighted by molar-refractivity contribution is 5.94. The summed E-state index contributed by atoms with van der Waals surface area (Å²) < 4.78 is 31.7. The predicted molar refractivity (Wildman–Crippen MR) is 89.2 cm³/mol. The molecule has 1 atom stereocenters. The Kier molecular flexibility index (Phi) is 6.69. The van der Waals surface area contributed by atoms with Gasteiger partial charge in [0.2, 0.25) is 5.91 Å². The third-order valence-corrected chi connectivity index (χ3v) is 4.24. The van der Waals surface area contributed by atoms with Crippen LogP contribution in [0.25, 0.3) is 0 Å². The van der Waals surface area contributed by atoms with Gasteiger partial charge in [-0.1, -0.05) is 0 Å². The summed E-state index contributed by atoms with van der Waals surface area (Å²) in [6.45, 7) is 4.99. The molecule has 1 aliphatic rings. The van der Waals surface area contributed by atoms with Crippen molar-refractivity contribution in [1.82, 2.24) is 10.2 Å². The summed E-state index contributed by atoms with van der Waals surface area (Å²) in [5, 5.41) is 5.21. The van der Waals surface area contributed by atoms with Gasteiger partial charge in [0.05, 0.1) is 18.3 Å². The van der Waals surface area contributed by atoms with E-state index in [9.17, 15) is 18.4 Å². The standard InChI is InChI=1S/C17H23F2N3O3/c1-3-25-17(24)20-13-6-8-22(9-7-13)11(2)16(23)21-15-10-12(18)4-5-14(15)19/h4-5,10-11,13H,3,6-9H2,1-2H3,(H,20,24)(H,21,23). The number of piperidine rings is 1. The summed E-state index contributed by atoms with van der Waals surface area (Å²) >= 11 is 0. The van der Waals surface area contributed by atoms with Gasteiger partial charge in [-0.2, -0.15) is 0 Å². The van der Waals surface area contributed by atoms with Gasteiger partial charge in [0.15, 0.2) is 0 Å². The monoisotopic (exact) mass is 355 g/mol. The van der Waals surface area contributed by atoms with Gasteiger partial charge in [-0.3, -0.25) is 9.69 Å². The van der Waals surface area contributed by atoms with E-state index < -0.39 is 29.7 Å². The minimum absolute atomic E-state index is 0.00576. The van der Waals surface area contributed by atoms with Crippen molar-refractivity contribution < 1.29 is 23.1 Å². The number of nitrogens with zero attached hydrogens (tertiary/aromatic N) is 1. The molecule has 1 saturated heterocycles. The average molecular weight is 355 g/mol. The molecule has 138 valence electrons. The smallest absolute Gasteiger partial charge is 0.407 e. The van der Waals surface area contributed by atoms with Gasteiger partial charge in [-0.25, -0.2) is 13.6 Å². The second-order valence-corrected chi connectivity index (χ2v) is 5.96. The molecule has 6 nitrogen and oxygen atoms in total. The number of benzene rings is 1. The SMILES string of the molecule is CCOC(=O)NC1CCN(C(C)C(=O)Nc2cc(F)ccc2F)CC1. The Labute approximate surface area is 145 Å². The number of likely N-dealkylation sites (tertiary alicyclic amines) is 1. The highest BCUT2D eigenvalue weighted by Gasteiger charge is 2.27. The van der Waals surface area contributed by atoms with E-state index in [0.717, 1.165) is 18.2 Å². The summed E-state index contributed by atoms with van der Waals surface area (Å²) in [6, 6.07) is 2.44. The van der Waals surface area contributed by atoms with E-state index in [0.29, 0.717) is 32.5 Å². The van der Waals surface area contributed by atoms with Gasteiger partial charge in [-0.05, 0) is 38.8 Å². The fourth-order valence-corrected chi connectivity index (χ4v) is 2.77. The molecule has 25 heavy (non-hydrogen) atoms. The number of nitrogens with one attached hydrogen (secondary N) is 2. The molecule has 1 aliphatic heterocycles. The van der Waals surface area contributed by atoms with E-state index in [1.165, 1.54) is 0 Å². The van der Waals surface area contributed by atoms with Crippen LogP contribution in [-0.4, -0.2) is 48.7 Å². The van der Waals surface area contributed by atoms with E-state index in [-0.39, 0.29) is 11.7 Å². The first kappa shape index (κ1) is 19.1. The topological polar surface area (TPSA) is 70.7 Å². The quantitative estimate of drug-likeness (QED) is 0.851. The van der Waals surface area contributed by atoms with Crippen molar-refractivity contribution in [3.05, 3.63) is 29.8 Å². The molecular weight excluding hydrogens is 332 g/mol. The Morgan fingerprint density at radius 2 is 2.00 bits per heavy atom. The maximum absolute atomic E-state index is 13.6. The first-order chi connectivity index (χ1) is 11.9. The summed E-state index contributed by atoms with van der Waals surface area (Å²) in [7, 11) is 0. The van der Waals surface area contributed by atoms with Crippen molar-refractivity contribution in [3.63, 3.8) is 0 Å². The van der Waals surface area contributed by atoms with Crippen LogP contribution in [0.1, 0.15) is 26.7 Å². The fourth-order valence-electron chi connectivity index (χ4n) is 2.77. The molecule has 0 saturated carbocycles. The minimum atomic E-state index is -0.681. The van der Waals surface area contributed by atoms with Crippen molar-refractivity contribution in [1.29, 1.82) is 0 Å². The maximum Gasteiger partial charge on any atom is 0.407 e. The predicted octanol–water partition coefficient (Wildman–Crippen LogP) is 2.50. The molecule has 2 rings (SSSR count). The van der Waals surface area contributed by atoms with Crippen LogP contribution in [0.2, 0.25) is 0 Å². The van der Waals surface area contributed by atoms with E-state index in [1.54, 1.807) is 13.8 Å². The van der Waals surface area contributed by atoms with Crippen molar-refractivity contribution in [2.75, 3.05) is 25.0 Å². The zero-order valence-corrected chi connectivity index (χ0v) is 14.4. The molecule has 0 bridgehead atoms. The third-order valence-electron chi connectivity index (χ3n) is 4.24. The molecule has 0 radical (unpaired) electrons. The van der Waals surface area contributed by atoms with Gasteiger partial charge in [0, 0.05) is 25.2 Å². The second-order valence-electron chi connectivity index (χ2n) is 5.96. The van der Waals surface area contributed by atoms with Crippen LogP contribution in [-0.2, 0) is 9.53 Å². The normalized spacial score (nSPS) is 17.0. The zero-order valence-electron chi connectivity index (χ0n) is 14.4. The zero-order chi connectivity index (χ0) is 18.4. The number of anilines is 1. The summed E-state index contributed by atoms with van der Waals surface area (Å²) in [4.78, 5) is 25.6. The molecule has 2 N–H and O–H groups in total. The molecule has 0 aromatic heterocycles. The number of alkyl carbamates (subject to hydrolysis) is 1. The molecule has 1 heterocycles.